The molecule has 0 aliphatic carbocycles. The van der Waals surface area contributed by atoms with Gasteiger partial charge >= 0.3 is 0 Å². The van der Waals surface area contributed by atoms with Crippen molar-refractivity contribution in [2.75, 3.05) is 27.2 Å². The van der Waals surface area contributed by atoms with E-state index in [0.717, 1.165) is 18.4 Å². The van der Waals surface area contributed by atoms with Crippen LogP contribution in [0.4, 0.5) is 0 Å². The van der Waals surface area contributed by atoms with Gasteiger partial charge in [-0.05, 0) is 49.4 Å². The molecule has 0 radical (unpaired) electrons. The minimum Gasteiger partial charge on any atom is -0.497 e. The van der Waals surface area contributed by atoms with E-state index in [2.05, 4.69) is 0 Å². The van der Waals surface area contributed by atoms with Gasteiger partial charge in [0.2, 0.25) is 11.8 Å². The fraction of sp³-hybridized carbons (Fsp3) is 0.423. The highest BCUT2D eigenvalue weighted by molar-refractivity contribution is 5.99. The van der Waals surface area contributed by atoms with E-state index in [1.807, 2.05) is 30.3 Å². The highest BCUT2D eigenvalue weighted by Crippen LogP contribution is 2.27. The number of rotatable bonds is 6. The van der Waals surface area contributed by atoms with Gasteiger partial charge in [-0.25, -0.2) is 0 Å². The molecular weight excluding hydrogens is 418 g/mol. The molecular formula is C26H31N3O4. The molecule has 0 bridgehead atoms. The summed E-state index contributed by atoms with van der Waals surface area (Å²) in [4.78, 5) is 45.0. The summed E-state index contributed by atoms with van der Waals surface area (Å²) in [5.74, 6) is 0.267. The van der Waals surface area contributed by atoms with Crippen LogP contribution in [0.1, 0.15) is 41.6 Å². The maximum atomic E-state index is 13.5. The molecule has 0 spiro atoms. The number of ether oxygens (including phenoxy) is 1. The molecule has 7 heteroatoms. The molecule has 2 aliphatic heterocycles. The Balaban J connectivity index is 1.46. The molecule has 0 N–H and O–H groups in total. The van der Waals surface area contributed by atoms with Crippen LogP contribution >= 0.6 is 0 Å². The molecule has 2 atom stereocenters. The van der Waals surface area contributed by atoms with Crippen LogP contribution < -0.4 is 4.74 Å². The number of nitrogens with zero attached hydrogens (tertiary/aromatic N) is 3. The van der Waals surface area contributed by atoms with E-state index in [9.17, 15) is 14.4 Å². The van der Waals surface area contributed by atoms with Crippen molar-refractivity contribution in [3.8, 4) is 5.75 Å². The molecule has 2 aromatic carbocycles. The lowest BCUT2D eigenvalue weighted by Gasteiger charge is -2.32. The number of likely N-dealkylation sites (tertiary alicyclic amines) is 2. The minimum atomic E-state index is -0.531. The smallest absolute Gasteiger partial charge is 0.254 e. The van der Waals surface area contributed by atoms with Gasteiger partial charge in [-0.1, -0.05) is 36.4 Å². The number of likely N-dealkylation sites (N-methyl/N-ethyl adjacent to an activating group) is 1. The van der Waals surface area contributed by atoms with Crippen molar-refractivity contribution < 1.29 is 19.1 Å². The third-order valence-corrected chi connectivity index (χ3v) is 6.58. The van der Waals surface area contributed by atoms with Crippen molar-refractivity contribution in [3.05, 3.63) is 65.7 Å². The van der Waals surface area contributed by atoms with Gasteiger partial charge in [0.25, 0.3) is 5.91 Å². The van der Waals surface area contributed by atoms with Crippen LogP contribution in [0.2, 0.25) is 0 Å². The molecule has 174 valence electrons. The molecule has 0 aromatic heterocycles. The van der Waals surface area contributed by atoms with Gasteiger partial charge in [0.05, 0.1) is 7.11 Å². The summed E-state index contributed by atoms with van der Waals surface area (Å²) in [6.07, 6.45) is 2.83. The maximum absolute atomic E-state index is 13.5. The van der Waals surface area contributed by atoms with Crippen LogP contribution in [0.5, 0.6) is 5.75 Å². The zero-order chi connectivity index (χ0) is 23.4. The van der Waals surface area contributed by atoms with E-state index >= 15 is 0 Å². The predicted octanol–water partition coefficient (Wildman–Crippen LogP) is 2.95. The lowest BCUT2D eigenvalue weighted by molar-refractivity contribution is -0.145. The quantitative estimate of drug-likeness (QED) is 0.680. The number of hydrogen-bond acceptors (Lipinski definition) is 4. The highest BCUT2D eigenvalue weighted by Gasteiger charge is 2.42. The molecule has 2 aromatic rings. The minimum absolute atomic E-state index is 0.0478. The summed E-state index contributed by atoms with van der Waals surface area (Å²) in [6, 6.07) is 15.8. The summed E-state index contributed by atoms with van der Waals surface area (Å²) < 4.78 is 5.24. The van der Waals surface area contributed by atoms with Crippen molar-refractivity contribution in [1.29, 1.82) is 0 Å². The first-order valence-corrected chi connectivity index (χ1v) is 11.5. The topological polar surface area (TPSA) is 70.2 Å². The van der Waals surface area contributed by atoms with Crippen LogP contribution in [-0.4, -0.2) is 71.8 Å². The predicted molar refractivity (Wildman–Crippen MR) is 125 cm³/mol. The molecule has 7 nitrogen and oxygen atoms in total. The molecule has 3 amide bonds. The van der Waals surface area contributed by atoms with E-state index in [1.54, 1.807) is 53.1 Å². The Morgan fingerprint density at radius 3 is 2.36 bits per heavy atom. The number of hydrogen-bond donors (Lipinski definition) is 0. The number of methoxy groups -OCH3 is 1. The Morgan fingerprint density at radius 2 is 1.64 bits per heavy atom. The van der Waals surface area contributed by atoms with Crippen molar-refractivity contribution in [1.82, 2.24) is 14.7 Å². The van der Waals surface area contributed by atoms with Crippen molar-refractivity contribution >= 4 is 17.7 Å². The zero-order valence-corrected chi connectivity index (χ0v) is 19.3. The SMILES string of the molecule is COc1cccc(C(=O)N2CCC[C@H]2C(=O)N2CCC[C@H]2C(=O)N(C)Cc2ccccc2)c1. The second-order valence-corrected chi connectivity index (χ2v) is 8.76. The Kier molecular flexibility index (Phi) is 6.96. The van der Waals surface area contributed by atoms with Gasteiger partial charge in [0.1, 0.15) is 17.8 Å². The third-order valence-electron chi connectivity index (χ3n) is 6.58. The Hall–Kier alpha value is -3.35. The number of carbonyl (C=O) groups is 3. The van der Waals surface area contributed by atoms with Gasteiger partial charge in [-0.3, -0.25) is 14.4 Å². The zero-order valence-electron chi connectivity index (χ0n) is 19.3. The normalized spacial score (nSPS) is 20.1. The number of benzene rings is 2. The van der Waals surface area contributed by atoms with Crippen LogP contribution in [0, 0.1) is 0 Å². The van der Waals surface area contributed by atoms with Gasteiger partial charge in [-0.2, -0.15) is 0 Å². The van der Waals surface area contributed by atoms with Gasteiger partial charge in [-0.15, -0.1) is 0 Å². The van der Waals surface area contributed by atoms with E-state index in [1.165, 1.54) is 0 Å². The molecule has 0 unspecified atom stereocenters. The van der Waals surface area contributed by atoms with Crippen LogP contribution in [-0.2, 0) is 16.1 Å². The first-order chi connectivity index (χ1) is 16.0. The van der Waals surface area contributed by atoms with Crippen LogP contribution in [0.3, 0.4) is 0 Å². The van der Waals surface area contributed by atoms with Crippen LogP contribution in [0.25, 0.3) is 0 Å². The monoisotopic (exact) mass is 449 g/mol. The maximum Gasteiger partial charge on any atom is 0.254 e. The van der Waals surface area contributed by atoms with Crippen molar-refractivity contribution in [3.63, 3.8) is 0 Å². The van der Waals surface area contributed by atoms with Crippen LogP contribution in [0.15, 0.2) is 54.6 Å². The van der Waals surface area contributed by atoms with E-state index in [-0.39, 0.29) is 17.7 Å². The summed E-state index contributed by atoms with van der Waals surface area (Å²) in [5, 5.41) is 0. The Bertz CT molecular complexity index is 1010. The summed E-state index contributed by atoms with van der Waals surface area (Å²) in [7, 11) is 3.34. The van der Waals surface area contributed by atoms with E-state index in [0.29, 0.717) is 43.8 Å². The fourth-order valence-corrected chi connectivity index (χ4v) is 4.86. The molecule has 2 aliphatic rings. The molecule has 0 saturated carbocycles. The number of carbonyl (C=O) groups excluding carboxylic acids is 3. The second-order valence-electron chi connectivity index (χ2n) is 8.76. The molecule has 33 heavy (non-hydrogen) atoms. The lowest BCUT2D eigenvalue weighted by atomic mass is 10.1. The van der Waals surface area contributed by atoms with Gasteiger partial charge in [0, 0.05) is 32.2 Å². The molecule has 2 fully saturated rings. The van der Waals surface area contributed by atoms with Crippen molar-refractivity contribution in [2.24, 2.45) is 0 Å². The Labute approximate surface area is 194 Å². The standard InChI is InChI=1S/C26H31N3O4/c1-27(18-19-9-4-3-5-10-19)25(31)22-13-7-16-29(22)26(32)23-14-8-15-28(23)24(30)20-11-6-12-21(17-20)33-2/h3-6,9-12,17,22-23H,7-8,13-16,18H2,1-2H3/t22-,23-/m0/s1. The molecule has 4 rings (SSSR count). The lowest BCUT2D eigenvalue weighted by Crippen LogP contribution is -2.53. The second kappa shape index (κ2) is 10.1. The third kappa shape index (κ3) is 4.87. The first kappa shape index (κ1) is 22.8. The average Bonchev–Trinajstić information content (AvgIpc) is 3.53. The Morgan fingerprint density at radius 1 is 0.939 bits per heavy atom. The van der Waals surface area contributed by atoms with E-state index < -0.39 is 12.1 Å². The largest absolute Gasteiger partial charge is 0.497 e. The summed E-state index contributed by atoms with van der Waals surface area (Å²) in [5.41, 5.74) is 1.56. The van der Waals surface area contributed by atoms with Crippen molar-refractivity contribution in [2.45, 2.75) is 44.3 Å². The summed E-state index contributed by atoms with van der Waals surface area (Å²) in [6.45, 7) is 1.58. The highest BCUT2D eigenvalue weighted by atomic mass is 16.5. The van der Waals surface area contributed by atoms with Gasteiger partial charge < -0.3 is 19.4 Å². The number of amides is 3. The van der Waals surface area contributed by atoms with E-state index in [4.69, 9.17) is 4.74 Å². The summed E-state index contributed by atoms with van der Waals surface area (Å²) >= 11 is 0. The molecule has 2 saturated heterocycles. The fourth-order valence-electron chi connectivity index (χ4n) is 4.86. The average molecular weight is 450 g/mol. The molecule has 2 heterocycles. The first-order valence-electron chi connectivity index (χ1n) is 11.5. The van der Waals surface area contributed by atoms with Gasteiger partial charge in [0.15, 0.2) is 0 Å².